The Morgan fingerprint density at radius 1 is 1.33 bits per heavy atom. The molecule has 0 bridgehead atoms. The second kappa shape index (κ2) is 6.50. The van der Waals surface area contributed by atoms with E-state index < -0.39 is 10.0 Å². The van der Waals surface area contributed by atoms with Crippen LogP contribution in [0, 0.1) is 5.41 Å². The van der Waals surface area contributed by atoms with Gasteiger partial charge in [0, 0.05) is 32.0 Å². The molecule has 21 heavy (non-hydrogen) atoms. The van der Waals surface area contributed by atoms with Crippen LogP contribution in [-0.4, -0.2) is 26.1 Å². The summed E-state index contributed by atoms with van der Waals surface area (Å²) in [6.07, 6.45) is 6.06. The molecule has 2 rings (SSSR count). The maximum absolute atomic E-state index is 12.4. The van der Waals surface area contributed by atoms with Crippen LogP contribution in [0.15, 0.2) is 17.2 Å². The van der Waals surface area contributed by atoms with Crippen molar-refractivity contribution in [3.8, 4) is 0 Å². The summed E-state index contributed by atoms with van der Waals surface area (Å²) in [7, 11) is -1.51. The number of sulfonamides is 1. The van der Waals surface area contributed by atoms with E-state index in [1.807, 2.05) is 11.6 Å². The molecule has 0 radical (unpaired) electrons. The predicted octanol–water partition coefficient (Wildman–Crippen LogP) is 1.99. The van der Waals surface area contributed by atoms with Gasteiger partial charge in [0.1, 0.15) is 0 Å². The molecule has 5 nitrogen and oxygen atoms in total. The van der Waals surface area contributed by atoms with E-state index in [0.29, 0.717) is 18.0 Å². The number of rotatable bonds is 9. The van der Waals surface area contributed by atoms with E-state index in [1.165, 1.54) is 0 Å². The fourth-order valence-electron chi connectivity index (χ4n) is 2.46. The second-order valence-corrected chi connectivity index (χ2v) is 7.90. The van der Waals surface area contributed by atoms with Crippen LogP contribution in [0.3, 0.4) is 0 Å². The van der Waals surface area contributed by atoms with E-state index in [-0.39, 0.29) is 5.41 Å². The highest BCUT2D eigenvalue weighted by Gasteiger charge is 2.41. The van der Waals surface area contributed by atoms with Gasteiger partial charge in [-0.25, -0.2) is 13.1 Å². The standard InChI is InChI=1S/C15H27N3O2S/c1-4-8-16-10-13-9-14(11-18(13)3)21(19,20)17-12-15(5-2)6-7-15/h9,11,16-17H,4-8,10,12H2,1-3H3. The first-order valence-electron chi connectivity index (χ1n) is 7.78. The Labute approximate surface area is 128 Å². The van der Waals surface area contributed by atoms with Crippen LogP contribution in [-0.2, 0) is 23.6 Å². The molecule has 0 aromatic carbocycles. The minimum atomic E-state index is -3.39. The number of nitrogens with zero attached hydrogens (tertiary/aromatic N) is 1. The van der Waals surface area contributed by atoms with Gasteiger partial charge in [0.25, 0.3) is 0 Å². The number of hydrogen-bond donors (Lipinski definition) is 2. The number of aryl methyl sites for hydroxylation is 1. The molecule has 6 heteroatoms. The van der Waals surface area contributed by atoms with Gasteiger partial charge in [-0.05, 0) is 43.7 Å². The summed E-state index contributed by atoms with van der Waals surface area (Å²) in [5.74, 6) is 0. The van der Waals surface area contributed by atoms with Crippen molar-refractivity contribution in [3.05, 3.63) is 18.0 Å². The molecule has 0 amide bonds. The molecule has 1 fully saturated rings. The second-order valence-electron chi connectivity index (χ2n) is 6.13. The van der Waals surface area contributed by atoms with Crippen LogP contribution >= 0.6 is 0 Å². The fourth-order valence-corrected chi connectivity index (χ4v) is 3.71. The average Bonchev–Trinajstić information content (AvgIpc) is 3.15. The van der Waals surface area contributed by atoms with Crippen LogP contribution in [0.4, 0.5) is 0 Å². The molecular weight excluding hydrogens is 286 g/mol. The Kier molecular flexibility index (Phi) is 5.11. The summed E-state index contributed by atoms with van der Waals surface area (Å²) in [6.45, 7) is 6.42. The lowest BCUT2D eigenvalue weighted by atomic mass is 10.1. The smallest absolute Gasteiger partial charge is 0.242 e. The Morgan fingerprint density at radius 2 is 2.05 bits per heavy atom. The lowest BCUT2D eigenvalue weighted by molar-refractivity contribution is 0.475. The third kappa shape index (κ3) is 4.08. The number of hydrogen-bond acceptors (Lipinski definition) is 3. The Morgan fingerprint density at radius 3 is 2.62 bits per heavy atom. The van der Waals surface area contributed by atoms with Crippen molar-refractivity contribution in [1.82, 2.24) is 14.6 Å². The fraction of sp³-hybridized carbons (Fsp3) is 0.733. The molecule has 0 aliphatic heterocycles. The van der Waals surface area contributed by atoms with Gasteiger partial charge in [-0.2, -0.15) is 0 Å². The summed E-state index contributed by atoms with van der Waals surface area (Å²) < 4.78 is 29.4. The van der Waals surface area contributed by atoms with Crippen molar-refractivity contribution in [2.45, 2.75) is 51.0 Å². The van der Waals surface area contributed by atoms with Crippen molar-refractivity contribution < 1.29 is 8.42 Å². The maximum Gasteiger partial charge on any atom is 0.242 e. The van der Waals surface area contributed by atoms with Gasteiger partial charge in [0.05, 0.1) is 4.90 Å². The molecule has 1 saturated carbocycles. The monoisotopic (exact) mass is 313 g/mol. The first-order chi connectivity index (χ1) is 9.92. The van der Waals surface area contributed by atoms with Gasteiger partial charge in [-0.1, -0.05) is 13.8 Å². The molecule has 0 atom stereocenters. The largest absolute Gasteiger partial charge is 0.352 e. The predicted molar refractivity (Wildman–Crippen MR) is 84.6 cm³/mol. The molecule has 1 aromatic rings. The van der Waals surface area contributed by atoms with Crippen LogP contribution in [0.2, 0.25) is 0 Å². The zero-order valence-corrected chi connectivity index (χ0v) is 14.1. The number of nitrogens with one attached hydrogen (secondary N) is 2. The molecule has 1 aliphatic carbocycles. The zero-order chi connectivity index (χ0) is 15.5. The normalized spacial score (nSPS) is 17.1. The first kappa shape index (κ1) is 16.5. The summed E-state index contributed by atoms with van der Waals surface area (Å²) in [4.78, 5) is 0.366. The Bertz CT molecular complexity index is 574. The SMILES string of the molecule is CCCNCc1cc(S(=O)(=O)NCC2(CC)CC2)cn1C. The highest BCUT2D eigenvalue weighted by molar-refractivity contribution is 7.89. The van der Waals surface area contributed by atoms with Crippen molar-refractivity contribution in [3.63, 3.8) is 0 Å². The van der Waals surface area contributed by atoms with Crippen LogP contribution < -0.4 is 10.0 Å². The molecule has 0 unspecified atom stereocenters. The summed E-state index contributed by atoms with van der Waals surface area (Å²) in [5, 5.41) is 3.30. The molecule has 1 aliphatic rings. The van der Waals surface area contributed by atoms with E-state index in [9.17, 15) is 8.42 Å². The quantitative estimate of drug-likeness (QED) is 0.685. The third-order valence-corrected chi connectivity index (χ3v) is 5.84. The third-order valence-electron chi connectivity index (χ3n) is 4.47. The van der Waals surface area contributed by atoms with E-state index in [4.69, 9.17) is 0 Å². The van der Waals surface area contributed by atoms with Gasteiger partial charge in [0.2, 0.25) is 10.0 Å². The minimum Gasteiger partial charge on any atom is -0.352 e. The Balaban J connectivity index is 2.01. The van der Waals surface area contributed by atoms with Gasteiger partial charge in [0.15, 0.2) is 0 Å². The molecule has 0 saturated heterocycles. The van der Waals surface area contributed by atoms with E-state index in [2.05, 4.69) is 23.9 Å². The van der Waals surface area contributed by atoms with Gasteiger partial charge in [-0.3, -0.25) is 0 Å². The van der Waals surface area contributed by atoms with Gasteiger partial charge >= 0.3 is 0 Å². The van der Waals surface area contributed by atoms with Crippen LogP contribution in [0.5, 0.6) is 0 Å². The van der Waals surface area contributed by atoms with Crippen molar-refractivity contribution >= 4 is 10.0 Å². The van der Waals surface area contributed by atoms with E-state index in [1.54, 1.807) is 12.3 Å². The molecule has 2 N–H and O–H groups in total. The van der Waals surface area contributed by atoms with Crippen molar-refractivity contribution in [2.24, 2.45) is 12.5 Å². The van der Waals surface area contributed by atoms with Crippen LogP contribution in [0.1, 0.15) is 45.2 Å². The summed E-state index contributed by atoms with van der Waals surface area (Å²) in [6, 6.07) is 1.76. The first-order valence-corrected chi connectivity index (χ1v) is 9.26. The van der Waals surface area contributed by atoms with Gasteiger partial charge in [-0.15, -0.1) is 0 Å². The lowest BCUT2D eigenvalue weighted by Gasteiger charge is -2.12. The molecule has 120 valence electrons. The maximum atomic E-state index is 12.4. The van der Waals surface area contributed by atoms with Crippen molar-refractivity contribution in [2.75, 3.05) is 13.1 Å². The molecule has 0 spiro atoms. The highest BCUT2D eigenvalue weighted by Crippen LogP contribution is 2.48. The van der Waals surface area contributed by atoms with E-state index in [0.717, 1.165) is 37.9 Å². The highest BCUT2D eigenvalue weighted by atomic mass is 32.2. The topological polar surface area (TPSA) is 63.1 Å². The number of aromatic nitrogens is 1. The molecule has 1 aromatic heterocycles. The Hall–Kier alpha value is -0.850. The van der Waals surface area contributed by atoms with Crippen LogP contribution in [0.25, 0.3) is 0 Å². The van der Waals surface area contributed by atoms with Gasteiger partial charge < -0.3 is 9.88 Å². The summed E-state index contributed by atoms with van der Waals surface area (Å²) in [5.41, 5.74) is 1.20. The zero-order valence-electron chi connectivity index (χ0n) is 13.3. The molecule has 1 heterocycles. The summed E-state index contributed by atoms with van der Waals surface area (Å²) >= 11 is 0. The average molecular weight is 313 g/mol. The molecular formula is C15H27N3O2S. The lowest BCUT2D eigenvalue weighted by Crippen LogP contribution is -2.29. The van der Waals surface area contributed by atoms with E-state index >= 15 is 0 Å². The van der Waals surface area contributed by atoms with Crippen molar-refractivity contribution in [1.29, 1.82) is 0 Å². The minimum absolute atomic E-state index is 0.216.